The van der Waals surface area contributed by atoms with Crippen LogP contribution in [0.25, 0.3) is 6.08 Å². The fourth-order valence-corrected chi connectivity index (χ4v) is 2.30. The first kappa shape index (κ1) is 8.72. The summed E-state index contributed by atoms with van der Waals surface area (Å²) in [5.74, 6) is 0.945. The summed E-state index contributed by atoms with van der Waals surface area (Å²) < 4.78 is 5.47. The van der Waals surface area contributed by atoms with E-state index in [0.29, 0.717) is 0 Å². The standard InChI is InChI=1S/C13H12O2/c1-8-2-4-10-9(6-8)3-5-11-12(14)7-15-13(10)11/h3,5-6H,2,4,7H2,1H3. The van der Waals surface area contributed by atoms with Crippen molar-refractivity contribution in [1.29, 1.82) is 0 Å². The maximum atomic E-state index is 11.5. The SMILES string of the molecule is CC1=Cc2ccc3c(c2CC1)OCC3=O. The molecule has 1 aromatic rings. The van der Waals surface area contributed by atoms with E-state index in [1.165, 1.54) is 16.7 Å². The minimum atomic E-state index is 0.110. The summed E-state index contributed by atoms with van der Waals surface area (Å²) in [6, 6.07) is 3.92. The molecule has 1 aromatic carbocycles. The third-order valence-electron chi connectivity index (χ3n) is 3.12. The molecule has 0 bridgehead atoms. The van der Waals surface area contributed by atoms with Gasteiger partial charge in [0.25, 0.3) is 0 Å². The average molecular weight is 200 g/mol. The van der Waals surface area contributed by atoms with Gasteiger partial charge in [-0.3, -0.25) is 4.79 Å². The second kappa shape index (κ2) is 2.96. The second-order valence-corrected chi connectivity index (χ2v) is 4.21. The van der Waals surface area contributed by atoms with Crippen molar-refractivity contribution in [3.05, 3.63) is 34.4 Å². The van der Waals surface area contributed by atoms with Gasteiger partial charge in [0, 0.05) is 5.56 Å². The lowest BCUT2D eigenvalue weighted by Crippen LogP contribution is -2.00. The van der Waals surface area contributed by atoms with Gasteiger partial charge < -0.3 is 4.74 Å². The largest absolute Gasteiger partial charge is 0.484 e. The molecule has 1 heterocycles. The quantitative estimate of drug-likeness (QED) is 0.643. The molecule has 76 valence electrons. The number of benzene rings is 1. The zero-order chi connectivity index (χ0) is 10.4. The fraction of sp³-hybridized carbons (Fsp3) is 0.308. The Bertz CT molecular complexity index is 484. The first-order valence-electron chi connectivity index (χ1n) is 5.25. The number of hydrogen-bond donors (Lipinski definition) is 0. The maximum Gasteiger partial charge on any atom is 0.203 e. The van der Waals surface area contributed by atoms with Crippen LogP contribution in [0.2, 0.25) is 0 Å². The van der Waals surface area contributed by atoms with Crippen LogP contribution in [0.1, 0.15) is 34.8 Å². The van der Waals surface area contributed by atoms with Gasteiger partial charge in [-0.1, -0.05) is 17.7 Å². The van der Waals surface area contributed by atoms with Gasteiger partial charge in [-0.15, -0.1) is 0 Å². The molecule has 0 saturated carbocycles. The van der Waals surface area contributed by atoms with E-state index in [1.54, 1.807) is 0 Å². The highest BCUT2D eigenvalue weighted by Crippen LogP contribution is 2.36. The summed E-state index contributed by atoms with van der Waals surface area (Å²) in [6.45, 7) is 2.36. The van der Waals surface area contributed by atoms with Crippen molar-refractivity contribution in [2.24, 2.45) is 0 Å². The number of ether oxygens (including phenoxy) is 1. The van der Waals surface area contributed by atoms with Crippen LogP contribution in [-0.2, 0) is 6.42 Å². The molecule has 2 aliphatic rings. The predicted molar refractivity (Wildman–Crippen MR) is 58.2 cm³/mol. The molecule has 1 aliphatic carbocycles. The number of fused-ring (bicyclic) bond motifs is 3. The first-order valence-corrected chi connectivity index (χ1v) is 5.25. The van der Waals surface area contributed by atoms with Gasteiger partial charge in [0.2, 0.25) is 5.78 Å². The molecule has 0 amide bonds. The van der Waals surface area contributed by atoms with Gasteiger partial charge in [-0.25, -0.2) is 0 Å². The van der Waals surface area contributed by atoms with Crippen LogP contribution in [0.4, 0.5) is 0 Å². The number of allylic oxidation sites excluding steroid dienone is 1. The van der Waals surface area contributed by atoms with Gasteiger partial charge in [0.05, 0.1) is 5.56 Å². The second-order valence-electron chi connectivity index (χ2n) is 4.21. The highest BCUT2D eigenvalue weighted by atomic mass is 16.5. The van der Waals surface area contributed by atoms with E-state index in [0.717, 1.165) is 24.2 Å². The van der Waals surface area contributed by atoms with E-state index in [1.807, 2.05) is 12.1 Å². The van der Waals surface area contributed by atoms with E-state index in [9.17, 15) is 4.79 Å². The lowest BCUT2D eigenvalue weighted by atomic mass is 9.90. The molecule has 2 heteroatoms. The maximum absolute atomic E-state index is 11.5. The molecule has 2 nitrogen and oxygen atoms in total. The van der Waals surface area contributed by atoms with Gasteiger partial charge in [-0.05, 0) is 31.4 Å². The molecule has 3 rings (SSSR count). The average Bonchev–Trinajstić information content (AvgIpc) is 2.60. The molecule has 0 unspecified atom stereocenters. The van der Waals surface area contributed by atoms with Crippen molar-refractivity contribution in [2.75, 3.05) is 6.61 Å². The summed E-state index contributed by atoms with van der Waals surface area (Å²) in [7, 11) is 0. The van der Waals surface area contributed by atoms with Crippen LogP contribution in [-0.4, -0.2) is 12.4 Å². The van der Waals surface area contributed by atoms with E-state index in [2.05, 4.69) is 13.0 Å². The van der Waals surface area contributed by atoms with E-state index >= 15 is 0 Å². The molecular weight excluding hydrogens is 188 g/mol. The van der Waals surface area contributed by atoms with E-state index < -0.39 is 0 Å². The lowest BCUT2D eigenvalue weighted by Gasteiger charge is -2.16. The fourth-order valence-electron chi connectivity index (χ4n) is 2.30. The Labute approximate surface area is 88.6 Å². The molecule has 0 aromatic heterocycles. The van der Waals surface area contributed by atoms with Crippen molar-refractivity contribution in [3.8, 4) is 5.75 Å². The van der Waals surface area contributed by atoms with Crippen LogP contribution in [0.3, 0.4) is 0 Å². The minimum absolute atomic E-state index is 0.110. The van der Waals surface area contributed by atoms with Gasteiger partial charge in [-0.2, -0.15) is 0 Å². The Balaban J connectivity index is 2.22. The van der Waals surface area contributed by atoms with Crippen LogP contribution in [0, 0.1) is 0 Å². The molecular formula is C13H12O2. The third kappa shape index (κ3) is 1.21. The van der Waals surface area contributed by atoms with Crippen LogP contribution < -0.4 is 4.74 Å². The summed E-state index contributed by atoms with van der Waals surface area (Å²) in [6.07, 6.45) is 4.25. The topological polar surface area (TPSA) is 26.3 Å². The highest BCUT2D eigenvalue weighted by Gasteiger charge is 2.26. The molecule has 0 fully saturated rings. The molecule has 1 aliphatic heterocycles. The van der Waals surface area contributed by atoms with Gasteiger partial charge in [0.1, 0.15) is 5.75 Å². The van der Waals surface area contributed by atoms with Crippen molar-refractivity contribution >= 4 is 11.9 Å². The Kier molecular flexibility index (Phi) is 1.72. The highest BCUT2D eigenvalue weighted by molar-refractivity contribution is 6.03. The van der Waals surface area contributed by atoms with Crippen molar-refractivity contribution in [3.63, 3.8) is 0 Å². The Morgan fingerprint density at radius 3 is 3.00 bits per heavy atom. The zero-order valence-electron chi connectivity index (χ0n) is 8.67. The number of rotatable bonds is 0. The number of carbonyl (C=O) groups is 1. The Hall–Kier alpha value is -1.57. The zero-order valence-corrected chi connectivity index (χ0v) is 8.67. The van der Waals surface area contributed by atoms with Crippen LogP contribution in [0.5, 0.6) is 5.75 Å². The molecule has 0 N–H and O–H groups in total. The Morgan fingerprint density at radius 2 is 2.13 bits per heavy atom. The van der Waals surface area contributed by atoms with Crippen LogP contribution in [0.15, 0.2) is 17.7 Å². The molecule has 0 spiro atoms. The van der Waals surface area contributed by atoms with Gasteiger partial charge >= 0.3 is 0 Å². The van der Waals surface area contributed by atoms with Gasteiger partial charge in [0.15, 0.2) is 6.61 Å². The van der Waals surface area contributed by atoms with Crippen molar-refractivity contribution in [2.45, 2.75) is 19.8 Å². The Morgan fingerprint density at radius 1 is 1.27 bits per heavy atom. The summed E-state index contributed by atoms with van der Waals surface area (Å²) in [5.41, 5.74) is 4.59. The number of ketones is 1. The number of carbonyl (C=O) groups excluding carboxylic acids is 1. The lowest BCUT2D eigenvalue weighted by molar-refractivity contribution is 0.0961. The number of hydrogen-bond acceptors (Lipinski definition) is 2. The summed E-state index contributed by atoms with van der Waals surface area (Å²) in [5, 5.41) is 0. The van der Waals surface area contributed by atoms with Crippen LogP contribution >= 0.6 is 0 Å². The van der Waals surface area contributed by atoms with E-state index in [-0.39, 0.29) is 12.4 Å². The van der Waals surface area contributed by atoms with Crippen molar-refractivity contribution in [1.82, 2.24) is 0 Å². The summed E-state index contributed by atoms with van der Waals surface area (Å²) in [4.78, 5) is 11.5. The third-order valence-corrected chi connectivity index (χ3v) is 3.12. The molecule has 0 atom stereocenters. The molecule has 0 saturated heterocycles. The predicted octanol–water partition coefficient (Wildman–Crippen LogP) is 2.61. The number of Topliss-reactive ketones (excluding diaryl/α,β-unsaturated/α-hetero) is 1. The molecule has 0 radical (unpaired) electrons. The van der Waals surface area contributed by atoms with Crippen molar-refractivity contribution < 1.29 is 9.53 Å². The summed E-state index contributed by atoms with van der Waals surface area (Å²) >= 11 is 0. The molecule has 15 heavy (non-hydrogen) atoms. The first-order chi connectivity index (χ1) is 7.25. The minimum Gasteiger partial charge on any atom is -0.484 e. The van der Waals surface area contributed by atoms with E-state index in [4.69, 9.17) is 4.74 Å². The normalized spacial score (nSPS) is 17.9. The monoisotopic (exact) mass is 200 g/mol. The smallest absolute Gasteiger partial charge is 0.203 e.